The summed E-state index contributed by atoms with van der Waals surface area (Å²) in [7, 11) is 0. The molecule has 0 fully saturated rings. The molecule has 4 heteroatoms. The zero-order valence-electron chi connectivity index (χ0n) is 12.7. The summed E-state index contributed by atoms with van der Waals surface area (Å²) in [6.07, 6.45) is 10.6. The van der Waals surface area contributed by atoms with Gasteiger partial charge in [0.05, 0.1) is 6.42 Å². The highest BCUT2D eigenvalue weighted by molar-refractivity contribution is 6.02. The molecule has 0 radical (unpaired) electrons. The molecular weight excluding hydrogens is 274 g/mol. The number of nitrogens with one attached hydrogen (secondary N) is 3. The Labute approximate surface area is 131 Å². The molecule has 0 bridgehead atoms. The van der Waals surface area contributed by atoms with Gasteiger partial charge in [-0.2, -0.15) is 0 Å². The summed E-state index contributed by atoms with van der Waals surface area (Å²) in [5.74, 6) is -0.171. The van der Waals surface area contributed by atoms with Crippen LogP contribution in [0.1, 0.15) is 12.5 Å². The van der Waals surface area contributed by atoms with Crippen molar-refractivity contribution in [1.82, 2.24) is 10.6 Å². The van der Waals surface area contributed by atoms with Gasteiger partial charge in [0.2, 0.25) is 5.91 Å². The van der Waals surface area contributed by atoms with E-state index in [1.54, 1.807) is 12.3 Å². The molecule has 0 aliphatic rings. The first-order valence-corrected chi connectivity index (χ1v) is 6.96. The standard InChI is InChI=1S/C18H21N3O/c1-3-5-11-16(4-2)20-13-12-17(19)21-18(22)14-15-9-7-6-8-10-15/h3-13,20H,1,14H2,2H3,(H2,19,21,22)/b11-5-,13-12-,16-4+. The Bertz CT molecular complexity index is 598. The molecule has 114 valence electrons. The molecule has 1 rings (SSSR count). The normalized spacial score (nSPS) is 11.6. The van der Waals surface area contributed by atoms with Gasteiger partial charge in [-0.25, -0.2) is 0 Å². The van der Waals surface area contributed by atoms with Crippen molar-refractivity contribution in [3.8, 4) is 0 Å². The van der Waals surface area contributed by atoms with Crippen LogP contribution in [0.2, 0.25) is 0 Å². The third-order valence-corrected chi connectivity index (χ3v) is 2.70. The van der Waals surface area contributed by atoms with Crippen LogP contribution in [0.5, 0.6) is 0 Å². The molecule has 1 aromatic rings. The predicted octanol–water partition coefficient (Wildman–Crippen LogP) is 3.07. The summed E-state index contributed by atoms with van der Waals surface area (Å²) in [5.41, 5.74) is 1.79. The maximum absolute atomic E-state index is 11.8. The number of allylic oxidation sites excluding steroid dienone is 4. The van der Waals surface area contributed by atoms with Crippen LogP contribution in [-0.4, -0.2) is 11.7 Å². The molecule has 3 N–H and O–H groups in total. The molecule has 0 spiro atoms. The molecule has 0 saturated heterocycles. The Kier molecular flexibility index (Phi) is 7.76. The highest BCUT2D eigenvalue weighted by atomic mass is 16.1. The molecule has 0 aliphatic heterocycles. The molecule has 0 atom stereocenters. The van der Waals surface area contributed by atoms with E-state index in [0.29, 0.717) is 0 Å². The minimum absolute atomic E-state index is 0.0385. The first kappa shape index (κ1) is 17.2. The van der Waals surface area contributed by atoms with Crippen LogP contribution in [0.15, 0.2) is 79.2 Å². The average molecular weight is 295 g/mol. The van der Waals surface area contributed by atoms with Crippen molar-refractivity contribution < 1.29 is 4.79 Å². The molecule has 0 saturated carbocycles. The highest BCUT2D eigenvalue weighted by Crippen LogP contribution is 1.99. The van der Waals surface area contributed by atoms with E-state index in [1.807, 2.05) is 55.5 Å². The van der Waals surface area contributed by atoms with Gasteiger partial charge < -0.3 is 10.6 Å². The maximum atomic E-state index is 11.8. The lowest BCUT2D eigenvalue weighted by Gasteiger charge is -2.04. The number of benzene rings is 1. The first-order chi connectivity index (χ1) is 10.7. The SMILES string of the molecule is C=C/C=C\C(=C/C)N/C=C\C(=N)NC(=O)Cc1ccccc1. The van der Waals surface area contributed by atoms with Crippen molar-refractivity contribution in [3.05, 3.63) is 84.8 Å². The Morgan fingerprint density at radius 1 is 1.27 bits per heavy atom. The van der Waals surface area contributed by atoms with Gasteiger partial charge in [0.25, 0.3) is 0 Å². The quantitative estimate of drug-likeness (QED) is 0.411. The van der Waals surface area contributed by atoms with Gasteiger partial charge in [-0.1, -0.05) is 55.1 Å². The summed E-state index contributed by atoms with van der Waals surface area (Å²) >= 11 is 0. The number of carbonyl (C=O) groups is 1. The number of hydrogen-bond donors (Lipinski definition) is 3. The number of amides is 1. The third kappa shape index (κ3) is 7.05. The van der Waals surface area contributed by atoms with Crippen LogP contribution in [0.4, 0.5) is 0 Å². The highest BCUT2D eigenvalue weighted by Gasteiger charge is 2.03. The largest absolute Gasteiger partial charge is 0.362 e. The van der Waals surface area contributed by atoms with Gasteiger partial charge in [0.15, 0.2) is 0 Å². The minimum Gasteiger partial charge on any atom is -0.362 e. The molecule has 0 heterocycles. The van der Waals surface area contributed by atoms with Crippen molar-refractivity contribution >= 4 is 11.7 Å². The van der Waals surface area contributed by atoms with E-state index in [1.165, 1.54) is 6.08 Å². The van der Waals surface area contributed by atoms with Gasteiger partial charge in [-0.3, -0.25) is 10.2 Å². The number of rotatable bonds is 7. The Balaban J connectivity index is 2.42. The zero-order valence-corrected chi connectivity index (χ0v) is 12.7. The third-order valence-electron chi connectivity index (χ3n) is 2.70. The molecule has 4 nitrogen and oxygen atoms in total. The van der Waals surface area contributed by atoms with E-state index in [-0.39, 0.29) is 18.2 Å². The second-order valence-electron chi connectivity index (χ2n) is 4.44. The lowest BCUT2D eigenvalue weighted by molar-refractivity contribution is -0.119. The van der Waals surface area contributed by atoms with Gasteiger partial charge in [-0.05, 0) is 24.6 Å². The molecule has 1 amide bonds. The lowest BCUT2D eigenvalue weighted by atomic mass is 10.1. The summed E-state index contributed by atoms with van der Waals surface area (Å²) in [5, 5.41) is 13.3. The fourth-order valence-corrected chi connectivity index (χ4v) is 1.64. The summed E-state index contributed by atoms with van der Waals surface area (Å²) in [4.78, 5) is 11.8. The number of carbonyl (C=O) groups excluding carboxylic acids is 1. The van der Waals surface area contributed by atoms with Crippen LogP contribution in [-0.2, 0) is 11.2 Å². The monoisotopic (exact) mass is 295 g/mol. The van der Waals surface area contributed by atoms with Crippen LogP contribution in [0.3, 0.4) is 0 Å². The Morgan fingerprint density at radius 3 is 2.64 bits per heavy atom. The predicted molar refractivity (Wildman–Crippen MR) is 91.4 cm³/mol. The topological polar surface area (TPSA) is 65.0 Å². The minimum atomic E-state index is -0.210. The van der Waals surface area contributed by atoms with Crippen LogP contribution >= 0.6 is 0 Å². The van der Waals surface area contributed by atoms with Gasteiger partial charge in [-0.15, -0.1) is 0 Å². The lowest BCUT2D eigenvalue weighted by Crippen LogP contribution is -2.30. The van der Waals surface area contributed by atoms with E-state index in [0.717, 1.165) is 11.3 Å². The maximum Gasteiger partial charge on any atom is 0.229 e. The van der Waals surface area contributed by atoms with Gasteiger partial charge in [0, 0.05) is 11.9 Å². The van der Waals surface area contributed by atoms with Crippen LogP contribution in [0, 0.1) is 5.41 Å². The van der Waals surface area contributed by atoms with E-state index in [4.69, 9.17) is 5.41 Å². The molecule has 1 aromatic carbocycles. The summed E-state index contributed by atoms with van der Waals surface area (Å²) in [6, 6.07) is 9.42. The second kappa shape index (κ2) is 9.94. The van der Waals surface area contributed by atoms with E-state index in [2.05, 4.69) is 17.2 Å². The van der Waals surface area contributed by atoms with E-state index < -0.39 is 0 Å². The fourth-order valence-electron chi connectivity index (χ4n) is 1.64. The number of hydrogen-bond acceptors (Lipinski definition) is 3. The molecule has 0 aromatic heterocycles. The summed E-state index contributed by atoms with van der Waals surface area (Å²) in [6.45, 7) is 5.50. The molecule has 0 aliphatic carbocycles. The average Bonchev–Trinajstić information content (AvgIpc) is 2.51. The van der Waals surface area contributed by atoms with Gasteiger partial charge in [0.1, 0.15) is 5.84 Å². The Hall–Kier alpha value is -2.88. The molecule has 0 unspecified atom stereocenters. The van der Waals surface area contributed by atoms with Crippen molar-refractivity contribution in [1.29, 1.82) is 5.41 Å². The van der Waals surface area contributed by atoms with Crippen molar-refractivity contribution in [3.63, 3.8) is 0 Å². The zero-order chi connectivity index (χ0) is 16.2. The second-order valence-corrected chi connectivity index (χ2v) is 4.44. The van der Waals surface area contributed by atoms with Crippen molar-refractivity contribution in [2.45, 2.75) is 13.3 Å². The van der Waals surface area contributed by atoms with Crippen LogP contribution < -0.4 is 10.6 Å². The Morgan fingerprint density at radius 2 is 2.00 bits per heavy atom. The van der Waals surface area contributed by atoms with Crippen molar-refractivity contribution in [2.75, 3.05) is 0 Å². The number of amidine groups is 1. The van der Waals surface area contributed by atoms with E-state index in [9.17, 15) is 4.79 Å². The van der Waals surface area contributed by atoms with Gasteiger partial charge >= 0.3 is 0 Å². The fraction of sp³-hybridized carbons (Fsp3) is 0.111. The molecular formula is C18H21N3O. The first-order valence-electron chi connectivity index (χ1n) is 6.96. The van der Waals surface area contributed by atoms with E-state index >= 15 is 0 Å². The molecule has 22 heavy (non-hydrogen) atoms. The van der Waals surface area contributed by atoms with Crippen molar-refractivity contribution in [2.24, 2.45) is 0 Å². The smallest absolute Gasteiger partial charge is 0.229 e. The summed E-state index contributed by atoms with van der Waals surface area (Å²) < 4.78 is 0. The van der Waals surface area contributed by atoms with Crippen LogP contribution in [0.25, 0.3) is 0 Å².